The Morgan fingerprint density at radius 2 is 2.19 bits per heavy atom. The maximum atomic E-state index is 11.7. The molecule has 1 N–H and O–H groups in total. The van der Waals surface area contributed by atoms with Crippen LogP contribution < -0.4 is 5.32 Å². The van der Waals surface area contributed by atoms with Crippen LogP contribution in [0.3, 0.4) is 0 Å². The number of rotatable bonds is 3. The Morgan fingerprint density at radius 3 is 2.90 bits per heavy atom. The monoisotopic (exact) mass is 327 g/mol. The van der Waals surface area contributed by atoms with Gasteiger partial charge in [0.1, 0.15) is 5.01 Å². The van der Waals surface area contributed by atoms with Crippen molar-refractivity contribution in [1.82, 2.24) is 25.1 Å². The molecular weight excluding hydrogens is 310 g/mol. The first kappa shape index (κ1) is 13.6. The van der Waals surface area contributed by atoms with Crippen LogP contribution in [0.1, 0.15) is 36.0 Å². The number of hydrogen-bond donors (Lipinski definition) is 1. The average Bonchev–Trinajstić information content (AvgIpc) is 2.87. The third-order valence-corrected chi connectivity index (χ3v) is 6.91. The van der Waals surface area contributed by atoms with Crippen LogP contribution in [0, 0.1) is 0 Å². The molecule has 0 amide bonds. The third-order valence-electron chi connectivity index (χ3n) is 4.25. The second-order valence-electron chi connectivity index (χ2n) is 5.85. The van der Waals surface area contributed by atoms with E-state index in [9.17, 15) is 8.42 Å². The van der Waals surface area contributed by atoms with E-state index in [4.69, 9.17) is 0 Å². The molecule has 0 bridgehead atoms. The average molecular weight is 327 g/mol. The van der Waals surface area contributed by atoms with Crippen LogP contribution in [0.5, 0.6) is 0 Å². The van der Waals surface area contributed by atoms with Gasteiger partial charge in [0.15, 0.2) is 15.7 Å². The zero-order valence-corrected chi connectivity index (χ0v) is 13.2. The largest absolute Gasteiger partial charge is 0.312 e. The van der Waals surface area contributed by atoms with Gasteiger partial charge in [-0.2, -0.15) is 9.61 Å². The number of hydrogen-bond acceptors (Lipinski definition) is 7. The summed E-state index contributed by atoms with van der Waals surface area (Å²) in [4.78, 5) is 0.811. The molecule has 2 aromatic heterocycles. The fraction of sp³-hybridized carbons (Fsp3) is 0.750. The van der Waals surface area contributed by atoms with E-state index in [1.54, 1.807) is 0 Å². The first-order valence-electron chi connectivity index (χ1n) is 7.25. The van der Waals surface area contributed by atoms with Crippen molar-refractivity contribution in [3.63, 3.8) is 0 Å². The quantitative estimate of drug-likeness (QED) is 0.877. The highest BCUT2D eigenvalue weighted by Gasteiger charge is 2.28. The molecule has 1 atom stereocenters. The van der Waals surface area contributed by atoms with E-state index >= 15 is 0 Å². The van der Waals surface area contributed by atoms with Gasteiger partial charge in [-0.3, -0.25) is 0 Å². The molecule has 4 rings (SSSR count). The lowest BCUT2D eigenvalue weighted by Gasteiger charge is -2.23. The molecule has 1 saturated carbocycles. The summed E-state index contributed by atoms with van der Waals surface area (Å²) in [5.74, 6) is 1.88. The highest BCUT2D eigenvalue weighted by Crippen LogP contribution is 2.35. The van der Waals surface area contributed by atoms with Crippen molar-refractivity contribution in [3.8, 4) is 0 Å². The smallest absolute Gasteiger partial charge is 0.234 e. The maximum Gasteiger partial charge on any atom is 0.234 e. The molecule has 0 radical (unpaired) electrons. The van der Waals surface area contributed by atoms with E-state index in [0.29, 0.717) is 18.9 Å². The van der Waals surface area contributed by atoms with E-state index < -0.39 is 9.84 Å². The fourth-order valence-corrected chi connectivity index (χ4v) is 5.25. The molecule has 2 aliphatic rings. The van der Waals surface area contributed by atoms with Gasteiger partial charge in [-0.25, -0.2) is 8.42 Å². The van der Waals surface area contributed by atoms with Crippen molar-refractivity contribution in [3.05, 3.63) is 10.8 Å². The van der Waals surface area contributed by atoms with Crippen LogP contribution in [0.2, 0.25) is 0 Å². The minimum Gasteiger partial charge on any atom is -0.312 e. The first-order valence-corrected chi connectivity index (χ1v) is 9.89. The molecule has 2 fully saturated rings. The Hall–Kier alpha value is -1.06. The summed E-state index contributed by atoms with van der Waals surface area (Å²) in [7, 11) is -2.91. The predicted molar refractivity (Wildman–Crippen MR) is 79.4 cm³/mol. The summed E-state index contributed by atoms with van der Waals surface area (Å²) in [5, 5.41) is 17.2. The van der Waals surface area contributed by atoms with Crippen LogP contribution in [0.4, 0.5) is 0 Å². The van der Waals surface area contributed by atoms with E-state index in [0.717, 1.165) is 28.6 Å². The van der Waals surface area contributed by atoms with Crippen molar-refractivity contribution in [1.29, 1.82) is 0 Å². The molecule has 114 valence electrons. The first-order chi connectivity index (χ1) is 10.1. The molecule has 1 aliphatic carbocycles. The van der Waals surface area contributed by atoms with E-state index in [1.165, 1.54) is 17.8 Å². The molecule has 0 aromatic carbocycles. The minimum atomic E-state index is -2.91. The Morgan fingerprint density at radius 1 is 1.33 bits per heavy atom. The zero-order valence-electron chi connectivity index (χ0n) is 11.5. The summed E-state index contributed by atoms with van der Waals surface area (Å²) >= 11 is 1.51. The molecule has 1 aliphatic heterocycles. The summed E-state index contributed by atoms with van der Waals surface area (Å²) in [6.07, 6.45) is 4.21. The van der Waals surface area contributed by atoms with Crippen LogP contribution >= 0.6 is 11.3 Å². The van der Waals surface area contributed by atoms with E-state index in [2.05, 4.69) is 20.6 Å². The number of nitrogens with one attached hydrogen (secondary N) is 1. The van der Waals surface area contributed by atoms with Crippen LogP contribution in [-0.2, 0) is 16.3 Å². The zero-order chi connectivity index (χ0) is 14.4. The summed E-state index contributed by atoms with van der Waals surface area (Å²) in [5.41, 5.74) is 0. The van der Waals surface area contributed by atoms with Gasteiger partial charge in [-0.15, -0.1) is 10.2 Å². The number of fused-ring (bicyclic) bond motifs is 1. The minimum absolute atomic E-state index is 0.0419. The number of sulfone groups is 1. The highest BCUT2D eigenvalue weighted by molar-refractivity contribution is 7.91. The van der Waals surface area contributed by atoms with Crippen LogP contribution in [0.15, 0.2) is 0 Å². The molecule has 0 spiro atoms. The van der Waals surface area contributed by atoms with Gasteiger partial charge in [0.25, 0.3) is 0 Å². The third kappa shape index (κ3) is 2.58. The topological polar surface area (TPSA) is 89.2 Å². The Bertz CT molecular complexity index is 762. The predicted octanol–water partition coefficient (Wildman–Crippen LogP) is 0.382. The van der Waals surface area contributed by atoms with Gasteiger partial charge < -0.3 is 5.32 Å². The second kappa shape index (κ2) is 4.99. The normalized spacial score (nSPS) is 26.0. The lowest BCUT2D eigenvalue weighted by Crippen LogP contribution is -2.46. The fourth-order valence-electron chi connectivity index (χ4n) is 2.88. The molecule has 3 heterocycles. The van der Waals surface area contributed by atoms with Gasteiger partial charge in [0, 0.05) is 24.9 Å². The van der Waals surface area contributed by atoms with Gasteiger partial charge in [0.2, 0.25) is 4.96 Å². The molecule has 1 saturated heterocycles. The van der Waals surface area contributed by atoms with Gasteiger partial charge in [-0.05, 0) is 12.8 Å². The van der Waals surface area contributed by atoms with Crippen LogP contribution in [-0.4, -0.2) is 52.3 Å². The lowest BCUT2D eigenvalue weighted by atomic mass is 9.85. The van der Waals surface area contributed by atoms with Gasteiger partial charge >= 0.3 is 0 Å². The van der Waals surface area contributed by atoms with Crippen molar-refractivity contribution < 1.29 is 8.42 Å². The van der Waals surface area contributed by atoms with Crippen molar-refractivity contribution in [2.75, 3.05) is 18.1 Å². The summed E-state index contributed by atoms with van der Waals surface area (Å²) in [6, 6.07) is -0.0419. The molecule has 9 heteroatoms. The number of aromatic nitrogens is 4. The Kier molecular flexibility index (Phi) is 3.23. The lowest BCUT2D eigenvalue weighted by molar-refractivity contribution is 0.394. The summed E-state index contributed by atoms with van der Waals surface area (Å²) < 4.78 is 25.2. The molecular formula is C12H17N5O2S2. The SMILES string of the molecule is O=S1(=O)CCNC(Cc2nn3c(C4CCC4)nnc3s2)C1. The van der Waals surface area contributed by atoms with Crippen molar-refractivity contribution in [2.45, 2.75) is 37.6 Å². The Balaban J connectivity index is 1.55. The highest BCUT2D eigenvalue weighted by atomic mass is 32.2. The molecule has 2 aromatic rings. The molecule has 1 unspecified atom stereocenters. The van der Waals surface area contributed by atoms with Crippen molar-refractivity contribution in [2.24, 2.45) is 0 Å². The summed E-state index contributed by atoms with van der Waals surface area (Å²) in [6.45, 7) is 0.532. The number of nitrogens with zero attached hydrogens (tertiary/aromatic N) is 4. The van der Waals surface area contributed by atoms with Gasteiger partial charge in [0.05, 0.1) is 11.5 Å². The maximum absolute atomic E-state index is 11.7. The van der Waals surface area contributed by atoms with E-state index in [-0.39, 0.29) is 17.5 Å². The van der Waals surface area contributed by atoms with Crippen LogP contribution in [0.25, 0.3) is 4.96 Å². The van der Waals surface area contributed by atoms with Crippen molar-refractivity contribution >= 4 is 26.1 Å². The van der Waals surface area contributed by atoms with E-state index in [1.807, 2.05) is 4.52 Å². The van der Waals surface area contributed by atoms with Gasteiger partial charge in [-0.1, -0.05) is 17.8 Å². The molecule has 21 heavy (non-hydrogen) atoms. The second-order valence-corrected chi connectivity index (χ2v) is 9.11. The molecule has 7 nitrogen and oxygen atoms in total. The Labute approximate surface area is 126 Å². The standard InChI is InChI=1S/C12H17N5O2S2/c18-21(19)5-4-13-9(7-21)6-10-16-17-11(8-2-1-3-8)14-15-12(17)20-10/h8-9,13H,1-7H2.